The second kappa shape index (κ2) is 8.19. The molecule has 0 fully saturated rings. The number of hydrogen-bond donors (Lipinski definition) is 3. The van der Waals surface area contributed by atoms with E-state index in [2.05, 4.69) is 30.9 Å². The Morgan fingerprint density at radius 1 is 0.969 bits per heavy atom. The fourth-order valence-electron chi connectivity index (χ4n) is 3.12. The molecule has 0 bridgehead atoms. The summed E-state index contributed by atoms with van der Waals surface area (Å²) in [5, 5.41) is 12.7. The van der Waals surface area contributed by atoms with Gasteiger partial charge in [-0.1, -0.05) is 10.3 Å². The number of H-pyrrole nitrogens is 1. The summed E-state index contributed by atoms with van der Waals surface area (Å²) in [6, 6.07) is 14.1. The molecule has 0 aliphatic carbocycles. The molecule has 0 radical (unpaired) electrons. The van der Waals surface area contributed by atoms with Crippen LogP contribution in [0.5, 0.6) is 0 Å². The Kier molecular flexibility index (Phi) is 4.92. The number of amides is 2. The van der Waals surface area contributed by atoms with E-state index < -0.39 is 0 Å². The lowest BCUT2D eigenvalue weighted by Gasteiger charge is -2.09. The summed E-state index contributed by atoms with van der Waals surface area (Å²) in [5.41, 5.74) is 3.55. The van der Waals surface area contributed by atoms with Crippen LogP contribution in [0.3, 0.4) is 0 Å². The molecule has 10 nitrogen and oxygen atoms in total. The average Bonchev–Trinajstić information content (AvgIpc) is 3.50. The Labute approximate surface area is 181 Å². The van der Waals surface area contributed by atoms with E-state index in [0.717, 1.165) is 16.6 Å². The molecule has 158 valence electrons. The van der Waals surface area contributed by atoms with Crippen molar-refractivity contribution in [2.45, 2.75) is 6.42 Å². The van der Waals surface area contributed by atoms with Gasteiger partial charge in [0.25, 0.3) is 11.8 Å². The van der Waals surface area contributed by atoms with Crippen molar-refractivity contribution in [1.29, 1.82) is 0 Å². The van der Waals surface area contributed by atoms with Crippen LogP contribution in [0, 0.1) is 0 Å². The van der Waals surface area contributed by atoms with Gasteiger partial charge in [-0.25, -0.2) is 4.98 Å². The molecule has 3 heterocycles. The third-order valence-electron chi connectivity index (χ3n) is 4.68. The number of carbonyl (C=O) groups is 2. The number of aromatic nitrogens is 3. The van der Waals surface area contributed by atoms with Crippen LogP contribution in [0.4, 0.5) is 11.4 Å². The number of rotatable bonds is 5. The van der Waals surface area contributed by atoms with Gasteiger partial charge in [-0.3, -0.25) is 9.59 Å². The van der Waals surface area contributed by atoms with Crippen LogP contribution in [-0.4, -0.2) is 33.2 Å². The van der Waals surface area contributed by atoms with Crippen molar-refractivity contribution in [3.05, 3.63) is 72.3 Å². The zero-order valence-corrected chi connectivity index (χ0v) is 16.5. The molecule has 1 aliphatic heterocycles. The number of nitrogens with one attached hydrogen (secondary N) is 3. The predicted octanol–water partition coefficient (Wildman–Crippen LogP) is 3.70. The number of fused-ring (bicyclic) bond motifs is 1. The highest BCUT2D eigenvalue weighted by Gasteiger charge is 2.14. The zero-order valence-electron chi connectivity index (χ0n) is 16.5. The molecule has 4 aromatic rings. The lowest BCUT2D eigenvalue weighted by Crippen LogP contribution is -2.16. The van der Waals surface area contributed by atoms with E-state index in [-0.39, 0.29) is 23.3 Å². The molecular weight excluding hydrogens is 412 g/mol. The quantitative estimate of drug-likeness (QED) is 0.444. The number of imidazole rings is 1. The molecule has 2 aromatic heterocycles. The molecule has 1 aliphatic rings. The number of anilines is 2. The summed E-state index contributed by atoms with van der Waals surface area (Å²) in [6.45, 7) is 0. The maximum absolute atomic E-state index is 12.2. The first-order chi connectivity index (χ1) is 15.7. The smallest absolute Gasteiger partial charge is 0.294 e. The largest absolute Gasteiger partial charge is 0.352 e. The number of nitrogens with zero attached hydrogens (tertiary/aromatic N) is 3. The molecule has 0 spiro atoms. The second-order valence-corrected chi connectivity index (χ2v) is 6.86. The Hall–Kier alpha value is -4.73. The van der Waals surface area contributed by atoms with E-state index in [4.69, 9.17) is 9.36 Å². The number of allylic oxidation sites excluding steroid dienone is 1. The SMILES string of the molecule is O=C(Nc1ccc(-c2nc3ccc(NC(=O)c4ccno4)cc3[nH]2)cc1)C1=CCC=NO1. The number of carbonyl (C=O) groups excluding carboxylic acids is 2. The summed E-state index contributed by atoms with van der Waals surface area (Å²) in [6.07, 6.45) is 5.20. The van der Waals surface area contributed by atoms with E-state index in [9.17, 15) is 9.59 Å². The highest BCUT2D eigenvalue weighted by molar-refractivity contribution is 6.03. The van der Waals surface area contributed by atoms with E-state index >= 15 is 0 Å². The van der Waals surface area contributed by atoms with Crippen LogP contribution in [0.1, 0.15) is 17.0 Å². The fourth-order valence-corrected chi connectivity index (χ4v) is 3.12. The van der Waals surface area contributed by atoms with E-state index in [1.165, 1.54) is 12.3 Å². The molecule has 0 unspecified atom stereocenters. The lowest BCUT2D eigenvalue weighted by molar-refractivity contribution is -0.116. The molecule has 0 saturated carbocycles. The van der Waals surface area contributed by atoms with E-state index in [1.54, 1.807) is 42.6 Å². The maximum Gasteiger partial charge on any atom is 0.294 e. The highest BCUT2D eigenvalue weighted by Crippen LogP contribution is 2.24. The predicted molar refractivity (Wildman–Crippen MR) is 117 cm³/mol. The molecular formula is C22H16N6O4. The van der Waals surface area contributed by atoms with Crippen molar-refractivity contribution in [3.8, 4) is 11.4 Å². The number of oxime groups is 1. The van der Waals surface area contributed by atoms with Gasteiger partial charge in [0.05, 0.1) is 17.2 Å². The Balaban J connectivity index is 1.30. The summed E-state index contributed by atoms with van der Waals surface area (Å²) >= 11 is 0. The van der Waals surface area contributed by atoms with Crippen LogP contribution in [0.25, 0.3) is 22.4 Å². The number of aromatic amines is 1. The van der Waals surface area contributed by atoms with Gasteiger partial charge < -0.3 is 25.0 Å². The number of benzene rings is 2. The maximum atomic E-state index is 12.2. The molecule has 3 N–H and O–H groups in total. The minimum absolute atomic E-state index is 0.127. The zero-order chi connectivity index (χ0) is 21.9. The Morgan fingerprint density at radius 3 is 2.53 bits per heavy atom. The van der Waals surface area contributed by atoms with Crippen LogP contribution in [0.15, 0.2) is 76.2 Å². The standard InChI is InChI=1S/C22H16N6O4/c29-21(18-2-1-10-23-31-18)25-14-5-3-13(4-6-14)20-27-16-8-7-15(12-17(16)28-20)26-22(30)19-9-11-24-32-19/h2-12H,1H2,(H,25,29)(H,26,30)(H,27,28). The van der Waals surface area contributed by atoms with E-state index in [0.29, 0.717) is 23.6 Å². The third kappa shape index (κ3) is 3.97. The van der Waals surface area contributed by atoms with Crippen LogP contribution >= 0.6 is 0 Å². The highest BCUT2D eigenvalue weighted by atomic mass is 16.6. The minimum Gasteiger partial charge on any atom is -0.352 e. The summed E-state index contributed by atoms with van der Waals surface area (Å²) < 4.78 is 4.86. The first-order valence-electron chi connectivity index (χ1n) is 9.68. The third-order valence-corrected chi connectivity index (χ3v) is 4.68. The topological polar surface area (TPSA) is 134 Å². The summed E-state index contributed by atoms with van der Waals surface area (Å²) in [4.78, 5) is 37.1. The minimum atomic E-state index is -0.389. The molecule has 32 heavy (non-hydrogen) atoms. The molecule has 0 saturated heterocycles. The first kappa shape index (κ1) is 19.2. The van der Waals surface area contributed by atoms with Gasteiger partial charge >= 0.3 is 0 Å². The van der Waals surface area contributed by atoms with Crippen LogP contribution < -0.4 is 10.6 Å². The summed E-state index contributed by atoms with van der Waals surface area (Å²) in [5.74, 6) is 0.199. The fraction of sp³-hybridized carbons (Fsp3) is 0.0455. The lowest BCUT2D eigenvalue weighted by atomic mass is 10.2. The Bertz CT molecular complexity index is 1350. The summed E-state index contributed by atoms with van der Waals surface area (Å²) in [7, 11) is 0. The van der Waals surface area contributed by atoms with Crippen molar-refractivity contribution in [2.24, 2.45) is 5.16 Å². The molecule has 10 heteroatoms. The Morgan fingerprint density at radius 2 is 1.78 bits per heavy atom. The van der Waals surface area contributed by atoms with Crippen LogP contribution in [0.2, 0.25) is 0 Å². The van der Waals surface area contributed by atoms with Gasteiger partial charge in [-0.2, -0.15) is 0 Å². The van der Waals surface area contributed by atoms with Gasteiger partial charge in [0.1, 0.15) is 5.82 Å². The van der Waals surface area contributed by atoms with Crippen molar-refractivity contribution in [3.63, 3.8) is 0 Å². The van der Waals surface area contributed by atoms with E-state index in [1.807, 2.05) is 12.1 Å². The number of hydrogen-bond acceptors (Lipinski definition) is 7. The van der Waals surface area contributed by atoms with Crippen molar-refractivity contribution >= 4 is 40.4 Å². The molecule has 0 atom stereocenters. The monoisotopic (exact) mass is 428 g/mol. The molecule has 5 rings (SSSR count). The van der Waals surface area contributed by atoms with Gasteiger partial charge in [0, 0.05) is 35.6 Å². The van der Waals surface area contributed by atoms with Gasteiger partial charge in [-0.05, 0) is 48.5 Å². The van der Waals surface area contributed by atoms with Crippen molar-refractivity contribution < 1.29 is 18.9 Å². The van der Waals surface area contributed by atoms with Gasteiger partial charge in [0.2, 0.25) is 11.5 Å². The average molecular weight is 428 g/mol. The second-order valence-electron chi connectivity index (χ2n) is 6.86. The van der Waals surface area contributed by atoms with Crippen LogP contribution in [-0.2, 0) is 9.63 Å². The van der Waals surface area contributed by atoms with Crippen molar-refractivity contribution in [1.82, 2.24) is 15.1 Å². The molecule has 2 aromatic carbocycles. The van der Waals surface area contributed by atoms with Crippen molar-refractivity contribution in [2.75, 3.05) is 10.6 Å². The molecule has 2 amide bonds. The van der Waals surface area contributed by atoms with Gasteiger partial charge in [0.15, 0.2) is 0 Å². The normalized spacial score (nSPS) is 12.8. The first-order valence-corrected chi connectivity index (χ1v) is 9.68. The van der Waals surface area contributed by atoms with Gasteiger partial charge in [-0.15, -0.1) is 0 Å².